The van der Waals surface area contributed by atoms with Gasteiger partial charge in [-0.15, -0.1) is 0 Å². The molecule has 0 N–H and O–H groups in total. The van der Waals surface area contributed by atoms with Gasteiger partial charge < -0.3 is 4.74 Å². The molecule has 15 heavy (non-hydrogen) atoms. The smallest absolute Gasteiger partial charge is 0.330 e. The molecule has 0 bridgehead atoms. The summed E-state index contributed by atoms with van der Waals surface area (Å²) in [7, 11) is 1.30. The first-order valence-corrected chi connectivity index (χ1v) is 4.63. The summed E-state index contributed by atoms with van der Waals surface area (Å²) in [5.41, 5.74) is 2.16. The number of carbonyl (C=O) groups is 2. The minimum absolute atomic E-state index is 0.0731. The molecule has 0 unspecified atom stereocenters. The highest BCUT2D eigenvalue weighted by atomic mass is 16.5. The van der Waals surface area contributed by atoms with E-state index in [1.807, 2.05) is 18.2 Å². The lowest BCUT2D eigenvalue weighted by Crippen LogP contribution is -2.01. The van der Waals surface area contributed by atoms with Crippen LogP contribution in [-0.2, 0) is 16.0 Å². The first-order chi connectivity index (χ1) is 7.22. The monoisotopic (exact) mass is 202 g/mol. The maximum Gasteiger partial charge on any atom is 0.330 e. The Bertz CT molecular complexity index is 458. The second kappa shape index (κ2) is 3.69. The van der Waals surface area contributed by atoms with E-state index in [9.17, 15) is 9.59 Å². The molecule has 0 radical (unpaired) electrons. The largest absolute Gasteiger partial charge is 0.466 e. The summed E-state index contributed by atoms with van der Waals surface area (Å²) in [4.78, 5) is 22.8. The second-order valence-electron chi connectivity index (χ2n) is 3.36. The topological polar surface area (TPSA) is 43.4 Å². The lowest BCUT2D eigenvalue weighted by molar-refractivity contribution is -0.134. The van der Waals surface area contributed by atoms with E-state index >= 15 is 0 Å². The van der Waals surface area contributed by atoms with Crippen molar-refractivity contribution in [2.45, 2.75) is 6.42 Å². The molecule has 3 nitrogen and oxygen atoms in total. The molecule has 1 aliphatic rings. The van der Waals surface area contributed by atoms with Gasteiger partial charge in [-0.2, -0.15) is 0 Å². The standard InChI is InChI=1S/C12H10O3/c1-15-11(13)7-9-6-8-4-2-3-5-10(8)12(9)14/h2-5,7H,6H2,1H3/b9-7-. The third-order valence-corrected chi connectivity index (χ3v) is 2.43. The average Bonchev–Trinajstić information content (AvgIpc) is 2.57. The van der Waals surface area contributed by atoms with Gasteiger partial charge in [-0.3, -0.25) is 4.79 Å². The molecule has 0 amide bonds. The van der Waals surface area contributed by atoms with Crippen molar-refractivity contribution in [3.63, 3.8) is 0 Å². The number of ketones is 1. The number of ether oxygens (including phenoxy) is 1. The highest BCUT2D eigenvalue weighted by Crippen LogP contribution is 2.25. The molecule has 0 aliphatic heterocycles. The van der Waals surface area contributed by atoms with Crippen LogP contribution in [0, 0.1) is 0 Å². The van der Waals surface area contributed by atoms with Gasteiger partial charge in [0.15, 0.2) is 5.78 Å². The quantitative estimate of drug-likeness (QED) is 0.512. The van der Waals surface area contributed by atoms with E-state index in [0.717, 1.165) is 5.56 Å². The molecular weight excluding hydrogens is 192 g/mol. The van der Waals surface area contributed by atoms with Crippen LogP contribution in [0.2, 0.25) is 0 Å². The number of rotatable bonds is 1. The lowest BCUT2D eigenvalue weighted by Gasteiger charge is -1.93. The van der Waals surface area contributed by atoms with Crippen LogP contribution in [0.3, 0.4) is 0 Å². The van der Waals surface area contributed by atoms with Gasteiger partial charge in [0.25, 0.3) is 0 Å². The van der Waals surface area contributed by atoms with Crippen molar-refractivity contribution >= 4 is 11.8 Å². The Labute approximate surface area is 87.4 Å². The van der Waals surface area contributed by atoms with Crippen molar-refractivity contribution in [3.05, 3.63) is 47.0 Å². The SMILES string of the molecule is COC(=O)/C=C1/Cc2ccccc2C1=O. The molecule has 0 heterocycles. The summed E-state index contributed by atoms with van der Waals surface area (Å²) in [6, 6.07) is 7.37. The van der Waals surface area contributed by atoms with E-state index < -0.39 is 5.97 Å². The molecule has 0 fully saturated rings. The minimum atomic E-state index is -0.480. The Morgan fingerprint density at radius 3 is 2.80 bits per heavy atom. The summed E-state index contributed by atoms with van der Waals surface area (Å²) < 4.78 is 4.49. The Balaban J connectivity index is 2.35. The normalized spacial score (nSPS) is 16.6. The van der Waals surface area contributed by atoms with Crippen molar-refractivity contribution in [2.75, 3.05) is 7.11 Å². The van der Waals surface area contributed by atoms with Crippen molar-refractivity contribution < 1.29 is 14.3 Å². The van der Waals surface area contributed by atoms with Crippen LogP contribution in [0.5, 0.6) is 0 Å². The molecule has 0 saturated carbocycles. The molecule has 76 valence electrons. The summed E-state index contributed by atoms with van der Waals surface area (Å²) >= 11 is 0. The number of benzene rings is 1. The molecule has 0 spiro atoms. The predicted octanol–water partition coefficient (Wildman–Crippen LogP) is 1.52. The van der Waals surface area contributed by atoms with Crippen molar-refractivity contribution in [3.8, 4) is 0 Å². The van der Waals surface area contributed by atoms with Crippen LogP contribution in [0.25, 0.3) is 0 Å². The Morgan fingerprint density at radius 2 is 2.13 bits per heavy atom. The van der Waals surface area contributed by atoms with E-state index in [4.69, 9.17) is 0 Å². The summed E-state index contributed by atoms with van der Waals surface area (Å²) in [6.07, 6.45) is 1.78. The Kier molecular flexibility index (Phi) is 2.37. The van der Waals surface area contributed by atoms with Crippen LogP contribution in [0.4, 0.5) is 0 Å². The number of carbonyl (C=O) groups excluding carboxylic acids is 2. The highest BCUT2D eigenvalue weighted by Gasteiger charge is 2.24. The van der Waals surface area contributed by atoms with E-state index in [2.05, 4.69) is 4.74 Å². The zero-order chi connectivity index (χ0) is 10.8. The predicted molar refractivity (Wildman–Crippen MR) is 54.6 cm³/mol. The van der Waals surface area contributed by atoms with Gasteiger partial charge in [0.05, 0.1) is 7.11 Å². The van der Waals surface area contributed by atoms with Gasteiger partial charge in [0.2, 0.25) is 0 Å². The molecule has 3 heteroatoms. The Hall–Kier alpha value is -1.90. The number of hydrogen-bond donors (Lipinski definition) is 0. The van der Waals surface area contributed by atoms with E-state index in [0.29, 0.717) is 17.6 Å². The number of hydrogen-bond acceptors (Lipinski definition) is 3. The van der Waals surface area contributed by atoms with Crippen LogP contribution in [-0.4, -0.2) is 18.9 Å². The molecule has 1 aromatic rings. The lowest BCUT2D eigenvalue weighted by atomic mass is 10.1. The van der Waals surface area contributed by atoms with E-state index in [-0.39, 0.29) is 5.78 Å². The van der Waals surface area contributed by atoms with E-state index in [1.54, 1.807) is 6.07 Å². The summed E-state index contributed by atoms with van der Waals surface area (Å²) in [5, 5.41) is 0. The third-order valence-electron chi connectivity index (χ3n) is 2.43. The van der Waals surface area contributed by atoms with Gasteiger partial charge in [-0.1, -0.05) is 24.3 Å². The summed E-state index contributed by atoms with van der Waals surface area (Å²) in [5.74, 6) is -0.554. The van der Waals surface area contributed by atoms with E-state index in [1.165, 1.54) is 13.2 Å². The number of Topliss-reactive ketones (excluding diaryl/α,β-unsaturated/α-hetero) is 1. The van der Waals surface area contributed by atoms with Gasteiger partial charge in [-0.25, -0.2) is 4.79 Å². The van der Waals surface area contributed by atoms with Gasteiger partial charge in [-0.05, 0) is 5.56 Å². The average molecular weight is 202 g/mol. The molecule has 1 aliphatic carbocycles. The van der Waals surface area contributed by atoms with Crippen molar-refractivity contribution in [1.82, 2.24) is 0 Å². The number of allylic oxidation sites excluding steroid dienone is 1. The number of esters is 1. The maximum absolute atomic E-state index is 11.8. The number of fused-ring (bicyclic) bond motifs is 1. The zero-order valence-electron chi connectivity index (χ0n) is 8.32. The molecule has 2 rings (SSSR count). The molecular formula is C12H10O3. The number of methoxy groups -OCH3 is 1. The first kappa shape index (κ1) is 9.65. The van der Waals surface area contributed by atoms with Crippen LogP contribution in [0.1, 0.15) is 15.9 Å². The summed E-state index contributed by atoms with van der Waals surface area (Å²) in [6.45, 7) is 0. The zero-order valence-corrected chi connectivity index (χ0v) is 8.32. The van der Waals surface area contributed by atoms with Gasteiger partial charge in [0.1, 0.15) is 0 Å². The van der Waals surface area contributed by atoms with Crippen LogP contribution < -0.4 is 0 Å². The fourth-order valence-corrected chi connectivity index (χ4v) is 1.67. The minimum Gasteiger partial charge on any atom is -0.466 e. The fraction of sp³-hybridized carbons (Fsp3) is 0.167. The maximum atomic E-state index is 11.8. The van der Waals surface area contributed by atoms with Crippen LogP contribution >= 0.6 is 0 Å². The van der Waals surface area contributed by atoms with Crippen molar-refractivity contribution in [1.29, 1.82) is 0 Å². The second-order valence-corrected chi connectivity index (χ2v) is 3.36. The molecule has 0 saturated heterocycles. The first-order valence-electron chi connectivity index (χ1n) is 4.63. The third kappa shape index (κ3) is 1.68. The van der Waals surface area contributed by atoms with Gasteiger partial charge >= 0.3 is 5.97 Å². The van der Waals surface area contributed by atoms with Crippen molar-refractivity contribution in [2.24, 2.45) is 0 Å². The van der Waals surface area contributed by atoms with Gasteiger partial charge in [0, 0.05) is 23.6 Å². The highest BCUT2D eigenvalue weighted by molar-refractivity contribution is 6.15. The molecule has 0 atom stereocenters. The fourth-order valence-electron chi connectivity index (χ4n) is 1.67. The Morgan fingerprint density at radius 1 is 1.40 bits per heavy atom. The molecule has 1 aromatic carbocycles. The molecule has 0 aromatic heterocycles. The van der Waals surface area contributed by atoms with Crippen LogP contribution in [0.15, 0.2) is 35.9 Å².